The summed E-state index contributed by atoms with van der Waals surface area (Å²) < 4.78 is 31.5. The van der Waals surface area contributed by atoms with Crippen molar-refractivity contribution in [1.82, 2.24) is 5.32 Å². The maximum absolute atomic E-state index is 13.4. The molecule has 4 nitrogen and oxygen atoms in total. The van der Waals surface area contributed by atoms with Gasteiger partial charge >= 0.3 is 5.97 Å². The monoisotopic (exact) mass is 319 g/mol. The molecule has 1 N–H and O–H groups in total. The van der Waals surface area contributed by atoms with E-state index in [0.29, 0.717) is 0 Å². The highest BCUT2D eigenvalue weighted by atomic mass is 19.1. The molecular weight excluding hydrogens is 304 g/mol. The first kappa shape index (κ1) is 16.6. The Bertz CT molecular complexity index is 684. The molecule has 6 heteroatoms. The SMILES string of the molecule is C[C@H](NC(=O)COC(=O)c1c(F)cccc1F)c1ccccc1. The van der Waals surface area contributed by atoms with Gasteiger partial charge in [0.05, 0.1) is 6.04 Å². The normalized spacial score (nSPS) is 11.6. The van der Waals surface area contributed by atoms with Gasteiger partial charge in [0, 0.05) is 0 Å². The van der Waals surface area contributed by atoms with Crippen molar-refractivity contribution in [2.45, 2.75) is 13.0 Å². The zero-order valence-corrected chi connectivity index (χ0v) is 12.4. The van der Waals surface area contributed by atoms with Crippen LogP contribution < -0.4 is 5.32 Å². The molecule has 23 heavy (non-hydrogen) atoms. The van der Waals surface area contributed by atoms with Crippen LogP contribution in [0.4, 0.5) is 8.78 Å². The number of hydrogen-bond donors (Lipinski definition) is 1. The van der Waals surface area contributed by atoms with Crippen molar-refractivity contribution in [1.29, 1.82) is 0 Å². The van der Waals surface area contributed by atoms with Gasteiger partial charge in [0.15, 0.2) is 6.61 Å². The predicted octanol–water partition coefficient (Wildman–Crippen LogP) is 3.00. The zero-order valence-electron chi connectivity index (χ0n) is 12.4. The second kappa shape index (κ2) is 7.49. The fraction of sp³-hybridized carbons (Fsp3) is 0.176. The van der Waals surface area contributed by atoms with Crippen LogP contribution >= 0.6 is 0 Å². The van der Waals surface area contributed by atoms with E-state index in [1.54, 1.807) is 6.92 Å². The van der Waals surface area contributed by atoms with Gasteiger partial charge in [-0.25, -0.2) is 13.6 Å². The molecule has 0 saturated heterocycles. The molecule has 0 spiro atoms. The van der Waals surface area contributed by atoms with Crippen molar-refractivity contribution in [3.63, 3.8) is 0 Å². The smallest absolute Gasteiger partial charge is 0.344 e. The lowest BCUT2D eigenvalue weighted by molar-refractivity contribution is -0.124. The number of amides is 1. The highest BCUT2D eigenvalue weighted by Crippen LogP contribution is 2.14. The van der Waals surface area contributed by atoms with Crippen LogP contribution in [0.2, 0.25) is 0 Å². The van der Waals surface area contributed by atoms with E-state index in [1.165, 1.54) is 0 Å². The number of nitrogens with one attached hydrogen (secondary N) is 1. The van der Waals surface area contributed by atoms with Gasteiger partial charge in [0.2, 0.25) is 0 Å². The van der Waals surface area contributed by atoms with Crippen molar-refractivity contribution >= 4 is 11.9 Å². The summed E-state index contributed by atoms with van der Waals surface area (Å²) in [5.41, 5.74) is 0.0729. The van der Waals surface area contributed by atoms with E-state index in [9.17, 15) is 18.4 Å². The van der Waals surface area contributed by atoms with Crippen LogP contribution in [0.5, 0.6) is 0 Å². The second-order valence-corrected chi connectivity index (χ2v) is 4.87. The standard InChI is InChI=1S/C17H15F2NO3/c1-11(12-6-3-2-4-7-12)20-15(21)10-23-17(22)16-13(18)8-5-9-14(16)19/h2-9,11H,10H2,1H3,(H,20,21)/t11-/m0/s1. The topological polar surface area (TPSA) is 55.4 Å². The molecule has 1 amide bonds. The summed E-state index contributed by atoms with van der Waals surface area (Å²) in [6.07, 6.45) is 0. The number of benzene rings is 2. The molecule has 0 aliphatic heterocycles. The van der Waals surface area contributed by atoms with Crippen molar-refractivity contribution in [2.75, 3.05) is 6.61 Å². The molecule has 0 bridgehead atoms. The maximum Gasteiger partial charge on any atom is 0.344 e. The fourth-order valence-electron chi connectivity index (χ4n) is 2.00. The first-order valence-corrected chi connectivity index (χ1v) is 6.94. The van der Waals surface area contributed by atoms with Gasteiger partial charge in [-0.15, -0.1) is 0 Å². The number of carbonyl (C=O) groups is 2. The minimum Gasteiger partial charge on any atom is -0.452 e. The molecule has 1 atom stereocenters. The van der Waals surface area contributed by atoms with Crippen molar-refractivity contribution in [3.8, 4) is 0 Å². The molecule has 0 fully saturated rings. The second-order valence-electron chi connectivity index (χ2n) is 4.87. The van der Waals surface area contributed by atoms with Gasteiger partial charge in [0.1, 0.15) is 17.2 Å². The summed E-state index contributed by atoms with van der Waals surface area (Å²) in [5.74, 6) is -3.85. The molecule has 2 aromatic rings. The van der Waals surface area contributed by atoms with Gasteiger partial charge < -0.3 is 10.1 Å². The molecule has 0 heterocycles. The zero-order chi connectivity index (χ0) is 16.8. The summed E-state index contributed by atoms with van der Waals surface area (Å²) in [5, 5.41) is 2.63. The quantitative estimate of drug-likeness (QED) is 0.862. The minimum atomic E-state index is -1.22. The molecule has 0 radical (unpaired) electrons. The maximum atomic E-state index is 13.4. The number of esters is 1. The molecule has 2 rings (SSSR count). The minimum absolute atomic E-state index is 0.285. The Hall–Kier alpha value is -2.76. The summed E-state index contributed by atoms with van der Waals surface area (Å²) in [6, 6.07) is 11.9. The average molecular weight is 319 g/mol. The molecule has 2 aromatic carbocycles. The number of hydrogen-bond acceptors (Lipinski definition) is 3. The Morgan fingerprint density at radius 2 is 1.65 bits per heavy atom. The van der Waals surface area contributed by atoms with Crippen molar-refractivity contribution in [2.24, 2.45) is 0 Å². The van der Waals surface area contributed by atoms with Crippen LogP contribution in [0.15, 0.2) is 48.5 Å². The Morgan fingerprint density at radius 1 is 1.04 bits per heavy atom. The summed E-state index contributed by atoms with van der Waals surface area (Å²) in [7, 11) is 0. The van der Waals surface area contributed by atoms with E-state index >= 15 is 0 Å². The molecule has 0 saturated carbocycles. The van der Waals surface area contributed by atoms with E-state index in [4.69, 9.17) is 0 Å². The van der Waals surface area contributed by atoms with Gasteiger partial charge in [-0.2, -0.15) is 0 Å². The first-order chi connectivity index (χ1) is 11.0. The molecular formula is C17H15F2NO3. The number of rotatable bonds is 5. The lowest BCUT2D eigenvalue weighted by atomic mass is 10.1. The summed E-state index contributed by atoms with van der Waals surface area (Å²) in [4.78, 5) is 23.4. The Kier molecular flexibility index (Phi) is 5.41. The van der Waals surface area contributed by atoms with Gasteiger partial charge in [-0.05, 0) is 24.6 Å². The highest BCUT2D eigenvalue weighted by molar-refractivity contribution is 5.91. The van der Waals surface area contributed by atoms with Crippen LogP contribution in [-0.4, -0.2) is 18.5 Å². The van der Waals surface area contributed by atoms with Gasteiger partial charge in [-0.1, -0.05) is 36.4 Å². The van der Waals surface area contributed by atoms with E-state index in [0.717, 1.165) is 23.8 Å². The third-order valence-corrected chi connectivity index (χ3v) is 3.18. The number of ether oxygens (including phenoxy) is 1. The van der Waals surface area contributed by atoms with Crippen LogP contribution in [0.3, 0.4) is 0 Å². The molecule has 0 aliphatic carbocycles. The van der Waals surface area contributed by atoms with Crippen LogP contribution in [0.1, 0.15) is 28.9 Å². The first-order valence-electron chi connectivity index (χ1n) is 6.94. The summed E-state index contributed by atoms with van der Waals surface area (Å²) in [6.45, 7) is 1.15. The third kappa shape index (κ3) is 4.35. The third-order valence-electron chi connectivity index (χ3n) is 3.18. The highest BCUT2D eigenvalue weighted by Gasteiger charge is 2.20. The number of carbonyl (C=O) groups excluding carboxylic acids is 2. The van der Waals surface area contributed by atoms with E-state index < -0.39 is 35.7 Å². The van der Waals surface area contributed by atoms with E-state index in [-0.39, 0.29) is 6.04 Å². The van der Waals surface area contributed by atoms with Crippen LogP contribution in [0.25, 0.3) is 0 Å². The number of halogens is 2. The lowest BCUT2D eigenvalue weighted by Gasteiger charge is -2.14. The molecule has 120 valence electrons. The fourth-order valence-corrected chi connectivity index (χ4v) is 2.00. The Balaban J connectivity index is 1.91. The average Bonchev–Trinajstić information content (AvgIpc) is 2.53. The molecule has 0 aromatic heterocycles. The molecule has 0 unspecified atom stereocenters. The van der Waals surface area contributed by atoms with Crippen LogP contribution in [0, 0.1) is 11.6 Å². The largest absolute Gasteiger partial charge is 0.452 e. The lowest BCUT2D eigenvalue weighted by Crippen LogP contribution is -2.31. The van der Waals surface area contributed by atoms with Crippen molar-refractivity contribution in [3.05, 3.63) is 71.3 Å². The van der Waals surface area contributed by atoms with Gasteiger partial charge in [0.25, 0.3) is 5.91 Å². The van der Waals surface area contributed by atoms with Gasteiger partial charge in [-0.3, -0.25) is 4.79 Å². The van der Waals surface area contributed by atoms with E-state index in [1.807, 2.05) is 30.3 Å². The molecule has 0 aliphatic rings. The van der Waals surface area contributed by atoms with Crippen LogP contribution in [-0.2, 0) is 9.53 Å². The predicted molar refractivity (Wildman–Crippen MR) is 79.6 cm³/mol. The van der Waals surface area contributed by atoms with E-state index in [2.05, 4.69) is 10.1 Å². The van der Waals surface area contributed by atoms with Crippen molar-refractivity contribution < 1.29 is 23.1 Å². The Morgan fingerprint density at radius 3 is 2.26 bits per heavy atom. The summed E-state index contributed by atoms with van der Waals surface area (Å²) >= 11 is 0. The Labute approximate surface area is 132 Å².